The summed E-state index contributed by atoms with van der Waals surface area (Å²) in [6, 6.07) is 0. The van der Waals surface area contributed by atoms with E-state index in [4.69, 9.17) is 31.7 Å². The Kier molecular flexibility index (Phi) is 3.28. The molecule has 5 atom stereocenters. The standard InChI is InChI=1S/C6H11ClO5/c7-6-5(11)4(10)3(9)2(1-8)12-6/h2-6,8-11H,1H2/t2-,3+,4-,5+,6+/m1/s1. The van der Waals surface area contributed by atoms with Gasteiger partial charge in [-0.3, -0.25) is 0 Å². The Morgan fingerprint density at radius 1 is 1.08 bits per heavy atom. The fourth-order valence-corrected chi connectivity index (χ4v) is 1.34. The lowest BCUT2D eigenvalue weighted by atomic mass is 10.0. The number of alkyl halides is 1. The van der Waals surface area contributed by atoms with Crippen molar-refractivity contribution in [3.05, 3.63) is 0 Å². The maximum absolute atomic E-state index is 9.17. The average molecular weight is 199 g/mol. The van der Waals surface area contributed by atoms with E-state index in [2.05, 4.69) is 0 Å². The largest absolute Gasteiger partial charge is 0.394 e. The van der Waals surface area contributed by atoms with Gasteiger partial charge in [0.15, 0.2) is 5.56 Å². The average Bonchev–Trinajstić information content (AvgIpc) is 2.08. The van der Waals surface area contributed by atoms with Crippen LogP contribution in [0, 0.1) is 0 Å². The molecule has 1 aliphatic rings. The van der Waals surface area contributed by atoms with Gasteiger partial charge in [-0.2, -0.15) is 0 Å². The molecule has 0 unspecified atom stereocenters. The Hall–Kier alpha value is 0.0900. The Labute approximate surface area is 74.2 Å². The SMILES string of the molecule is OC[C@H]1O[C@H](Cl)[C@@H](O)[C@H](O)[C@H]1O. The van der Waals surface area contributed by atoms with E-state index in [1.54, 1.807) is 0 Å². The molecule has 0 aliphatic carbocycles. The van der Waals surface area contributed by atoms with E-state index in [-0.39, 0.29) is 0 Å². The van der Waals surface area contributed by atoms with E-state index < -0.39 is 36.6 Å². The highest BCUT2D eigenvalue weighted by Crippen LogP contribution is 2.22. The summed E-state index contributed by atoms with van der Waals surface area (Å²) in [7, 11) is 0. The summed E-state index contributed by atoms with van der Waals surface area (Å²) >= 11 is 5.45. The molecule has 1 heterocycles. The summed E-state index contributed by atoms with van der Waals surface area (Å²) in [6.07, 6.45) is -4.95. The predicted octanol–water partition coefficient (Wildman–Crippen LogP) is -1.97. The zero-order chi connectivity index (χ0) is 9.30. The molecule has 0 aromatic heterocycles. The molecule has 5 nitrogen and oxygen atoms in total. The fourth-order valence-electron chi connectivity index (χ4n) is 1.06. The van der Waals surface area contributed by atoms with Crippen molar-refractivity contribution >= 4 is 11.6 Å². The summed E-state index contributed by atoms with van der Waals surface area (Å²) in [5.74, 6) is 0. The monoisotopic (exact) mass is 198 g/mol. The van der Waals surface area contributed by atoms with Gasteiger partial charge in [-0.05, 0) is 0 Å². The molecule has 4 N–H and O–H groups in total. The molecule has 72 valence electrons. The van der Waals surface area contributed by atoms with Crippen LogP contribution in [0.3, 0.4) is 0 Å². The summed E-state index contributed by atoms with van der Waals surface area (Å²) in [5.41, 5.74) is -1.10. The van der Waals surface area contributed by atoms with Gasteiger partial charge in [-0.15, -0.1) is 0 Å². The summed E-state index contributed by atoms with van der Waals surface area (Å²) < 4.78 is 4.79. The van der Waals surface area contributed by atoms with Crippen molar-refractivity contribution in [1.29, 1.82) is 0 Å². The van der Waals surface area contributed by atoms with Crippen molar-refractivity contribution < 1.29 is 25.2 Å². The lowest BCUT2D eigenvalue weighted by molar-refractivity contribution is -0.207. The number of halogens is 1. The first-order valence-electron chi connectivity index (χ1n) is 3.52. The van der Waals surface area contributed by atoms with Crippen molar-refractivity contribution in [1.82, 2.24) is 0 Å². The Morgan fingerprint density at radius 2 is 1.67 bits per heavy atom. The van der Waals surface area contributed by atoms with Crippen LogP contribution in [0.5, 0.6) is 0 Å². The topological polar surface area (TPSA) is 90.2 Å². The van der Waals surface area contributed by atoms with Gasteiger partial charge in [0.25, 0.3) is 0 Å². The number of aliphatic hydroxyl groups is 4. The third kappa shape index (κ3) is 1.71. The highest BCUT2D eigenvalue weighted by molar-refractivity contribution is 6.20. The van der Waals surface area contributed by atoms with Crippen LogP contribution in [-0.4, -0.2) is 57.0 Å². The summed E-state index contributed by atoms with van der Waals surface area (Å²) in [6.45, 7) is -0.450. The lowest BCUT2D eigenvalue weighted by Gasteiger charge is -2.37. The number of ether oxygens (including phenoxy) is 1. The third-order valence-electron chi connectivity index (χ3n) is 1.83. The van der Waals surface area contributed by atoms with Crippen LogP contribution in [0.1, 0.15) is 0 Å². The maximum atomic E-state index is 9.17. The van der Waals surface area contributed by atoms with E-state index in [1.165, 1.54) is 0 Å². The van der Waals surface area contributed by atoms with Gasteiger partial charge in [-0.25, -0.2) is 0 Å². The van der Waals surface area contributed by atoms with Gasteiger partial charge >= 0.3 is 0 Å². The molecule has 0 aromatic carbocycles. The zero-order valence-electron chi connectivity index (χ0n) is 6.17. The second kappa shape index (κ2) is 3.87. The van der Waals surface area contributed by atoms with E-state index in [1.807, 2.05) is 0 Å². The molecule has 0 spiro atoms. The molecule has 12 heavy (non-hydrogen) atoms. The first-order chi connectivity index (χ1) is 5.57. The van der Waals surface area contributed by atoms with Crippen LogP contribution >= 0.6 is 11.6 Å². The number of hydrogen-bond acceptors (Lipinski definition) is 5. The smallest absolute Gasteiger partial charge is 0.160 e. The molecule has 1 rings (SSSR count). The molecular formula is C6H11ClO5. The first-order valence-corrected chi connectivity index (χ1v) is 3.96. The molecule has 1 aliphatic heterocycles. The normalized spacial score (nSPS) is 49.2. The minimum atomic E-state index is -1.38. The van der Waals surface area contributed by atoms with Gasteiger partial charge in [0.05, 0.1) is 6.61 Å². The minimum absolute atomic E-state index is 0.450. The van der Waals surface area contributed by atoms with Crippen molar-refractivity contribution in [2.24, 2.45) is 0 Å². The molecular weight excluding hydrogens is 188 g/mol. The molecule has 6 heteroatoms. The number of rotatable bonds is 1. The summed E-state index contributed by atoms with van der Waals surface area (Å²) in [5, 5.41) is 36.0. The highest BCUT2D eigenvalue weighted by atomic mass is 35.5. The second-order valence-corrected chi connectivity index (χ2v) is 3.11. The maximum Gasteiger partial charge on any atom is 0.160 e. The van der Waals surface area contributed by atoms with E-state index in [9.17, 15) is 5.11 Å². The number of aliphatic hydroxyl groups excluding tert-OH is 4. The van der Waals surface area contributed by atoms with Gasteiger partial charge < -0.3 is 25.2 Å². The van der Waals surface area contributed by atoms with Gasteiger partial charge in [0, 0.05) is 0 Å². The Bertz CT molecular complexity index is 150. The highest BCUT2D eigenvalue weighted by Gasteiger charge is 2.42. The second-order valence-electron chi connectivity index (χ2n) is 2.68. The van der Waals surface area contributed by atoms with E-state index in [0.717, 1.165) is 0 Å². The Balaban J connectivity index is 2.63. The molecule has 1 fully saturated rings. The van der Waals surface area contributed by atoms with Gasteiger partial charge in [0.1, 0.15) is 24.4 Å². The zero-order valence-corrected chi connectivity index (χ0v) is 6.92. The first kappa shape index (κ1) is 10.2. The minimum Gasteiger partial charge on any atom is -0.394 e. The fraction of sp³-hybridized carbons (Fsp3) is 1.00. The molecule has 0 radical (unpaired) electrons. The molecule has 0 saturated carbocycles. The van der Waals surface area contributed by atoms with Crippen LogP contribution in [0.25, 0.3) is 0 Å². The quantitative estimate of drug-likeness (QED) is 0.367. The van der Waals surface area contributed by atoms with Crippen molar-refractivity contribution in [2.45, 2.75) is 30.0 Å². The van der Waals surface area contributed by atoms with Crippen LogP contribution in [-0.2, 0) is 4.74 Å². The van der Waals surface area contributed by atoms with Crippen LogP contribution < -0.4 is 0 Å². The van der Waals surface area contributed by atoms with Crippen molar-refractivity contribution in [3.8, 4) is 0 Å². The van der Waals surface area contributed by atoms with Crippen molar-refractivity contribution in [3.63, 3.8) is 0 Å². The van der Waals surface area contributed by atoms with Crippen LogP contribution in [0.15, 0.2) is 0 Å². The molecule has 1 saturated heterocycles. The van der Waals surface area contributed by atoms with Crippen LogP contribution in [0.2, 0.25) is 0 Å². The van der Waals surface area contributed by atoms with E-state index in [0.29, 0.717) is 0 Å². The summed E-state index contributed by atoms with van der Waals surface area (Å²) in [4.78, 5) is 0. The van der Waals surface area contributed by atoms with Crippen LogP contribution in [0.4, 0.5) is 0 Å². The predicted molar refractivity (Wildman–Crippen MR) is 39.6 cm³/mol. The molecule has 0 amide bonds. The molecule has 0 bridgehead atoms. The third-order valence-corrected chi connectivity index (χ3v) is 2.20. The van der Waals surface area contributed by atoms with E-state index >= 15 is 0 Å². The van der Waals surface area contributed by atoms with Gasteiger partial charge in [0.2, 0.25) is 0 Å². The number of hydrogen-bond donors (Lipinski definition) is 4. The lowest BCUT2D eigenvalue weighted by Crippen LogP contribution is -2.56. The molecule has 0 aromatic rings. The van der Waals surface area contributed by atoms with Crippen molar-refractivity contribution in [2.75, 3.05) is 6.61 Å². The van der Waals surface area contributed by atoms with Gasteiger partial charge in [-0.1, -0.05) is 11.6 Å². The Morgan fingerprint density at radius 3 is 2.17 bits per heavy atom.